The molecule has 0 amide bonds. The highest BCUT2D eigenvalue weighted by atomic mass is 79.9. The van der Waals surface area contributed by atoms with Crippen molar-refractivity contribution in [3.8, 4) is 5.75 Å². The first-order valence-corrected chi connectivity index (χ1v) is 5.39. The number of hydrogen-bond acceptors (Lipinski definition) is 1. The second kappa shape index (κ2) is 3.65. The van der Waals surface area contributed by atoms with Crippen molar-refractivity contribution in [2.45, 2.75) is 13.3 Å². The molecule has 0 spiro atoms. The Balaban J connectivity index is 2.67. The fourth-order valence-electron chi connectivity index (χ4n) is 1.54. The Morgan fingerprint density at radius 2 is 2.14 bits per heavy atom. The van der Waals surface area contributed by atoms with Crippen molar-refractivity contribution in [2.24, 2.45) is 0 Å². The third-order valence-electron chi connectivity index (χ3n) is 2.33. The molecule has 2 rings (SSSR count). The summed E-state index contributed by atoms with van der Waals surface area (Å²) in [5.74, 6) is 0.881. The van der Waals surface area contributed by atoms with E-state index < -0.39 is 0 Å². The second-order valence-electron chi connectivity index (χ2n) is 3.22. The predicted octanol–water partition coefficient (Wildman–Crippen LogP) is 3.50. The zero-order valence-corrected chi connectivity index (χ0v) is 9.81. The molecule has 0 fully saturated rings. The summed E-state index contributed by atoms with van der Waals surface area (Å²) in [5, 5.41) is 1.19. The van der Waals surface area contributed by atoms with Gasteiger partial charge < -0.3 is 9.72 Å². The number of aromatic amines is 1. The van der Waals surface area contributed by atoms with Gasteiger partial charge in [0.15, 0.2) is 0 Å². The van der Waals surface area contributed by atoms with Gasteiger partial charge in [0.2, 0.25) is 0 Å². The molecule has 14 heavy (non-hydrogen) atoms. The quantitative estimate of drug-likeness (QED) is 0.871. The van der Waals surface area contributed by atoms with Gasteiger partial charge in [-0.3, -0.25) is 0 Å². The van der Waals surface area contributed by atoms with Gasteiger partial charge in [0.25, 0.3) is 0 Å². The van der Waals surface area contributed by atoms with Gasteiger partial charge in [-0.25, -0.2) is 0 Å². The molecule has 3 heteroatoms. The molecule has 1 aromatic heterocycles. The largest absolute Gasteiger partial charge is 0.497 e. The summed E-state index contributed by atoms with van der Waals surface area (Å²) < 4.78 is 6.25. The fourth-order valence-corrected chi connectivity index (χ4v) is 2.09. The van der Waals surface area contributed by atoms with E-state index in [1.807, 2.05) is 12.1 Å². The Labute approximate surface area is 91.4 Å². The minimum absolute atomic E-state index is 0.881. The average molecular weight is 254 g/mol. The minimum atomic E-state index is 0.881. The Hall–Kier alpha value is -0.960. The van der Waals surface area contributed by atoms with E-state index in [4.69, 9.17) is 4.74 Å². The fraction of sp³-hybridized carbons (Fsp3) is 0.273. The smallest absolute Gasteiger partial charge is 0.120 e. The van der Waals surface area contributed by atoms with Crippen LogP contribution in [-0.4, -0.2) is 12.1 Å². The molecule has 0 bridgehead atoms. The van der Waals surface area contributed by atoms with Crippen molar-refractivity contribution in [1.82, 2.24) is 4.98 Å². The highest BCUT2D eigenvalue weighted by Gasteiger charge is 2.05. The van der Waals surface area contributed by atoms with Gasteiger partial charge in [-0.1, -0.05) is 6.92 Å². The molecule has 1 aromatic carbocycles. The van der Waals surface area contributed by atoms with E-state index in [9.17, 15) is 0 Å². The molecular formula is C11H12BrNO. The number of nitrogens with one attached hydrogen (secondary N) is 1. The maximum atomic E-state index is 5.20. The van der Waals surface area contributed by atoms with Crippen molar-refractivity contribution >= 4 is 26.8 Å². The van der Waals surface area contributed by atoms with Crippen molar-refractivity contribution in [2.75, 3.05) is 7.11 Å². The number of hydrogen-bond donors (Lipinski definition) is 1. The molecule has 0 saturated carbocycles. The number of benzene rings is 1. The van der Waals surface area contributed by atoms with Gasteiger partial charge in [-0.15, -0.1) is 0 Å². The standard InChI is InChI=1S/C11H12BrNO/c1-3-8-4-7-5-9(14-2)6-10(12)11(7)13-8/h4-6,13H,3H2,1-2H3. The van der Waals surface area contributed by atoms with Crippen LogP contribution in [0.1, 0.15) is 12.6 Å². The van der Waals surface area contributed by atoms with Gasteiger partial charge in [0.1, 0.15) is 5.75 Å². The summed E-state index contributed by atoms with van der Waals surface area (Å²) in [5.41, 5.74) is 2.39. The molecule has 0 saturated heterocycles. The number of aromatic nitrogens is 1. The SMILES string of the molecule is CCc1cc2cc(OC)cc(Br)c2[nH]1. The van der Waals surface area contributed by atoms with Crippen molar-refractivity contribution in [3.63, 3.8) is 0 Å². The third kappa shape index (κ3) is 1.52. The number of H-pyrrole nitrogens is 1. The van der Waals surface area contributed by atoms with Gasteiger partial charge in [0, 0.05) is 15.6 Å². The highest BCUT2D eigenvalue weighted by molar-refractivity contribution is 9.10. The minimum Gasteiger partial charge on any atom is -0.497 e. The number of fused-ring (bicyclic) bond motifs is 1. The number of methoxy groups -OCH3 is 1. The molecule has 2 nitrogen and oxygen atoms in total. The zero-order valence-electron chi connectivity index (χ0n) is 8.23. The molecule has 0 unspecified atom stereocenters. The first-order chi connectivity index (χ1) is 6.74. The Morgan fingerprint density at radius 1 is 1.36 bits per heavy atom. The molecule has 2 aromatic rings. The summed E-state index contributed by atoms with van der Waals surface area (Å²) in [6.07, 6.45) is 1.02. The predicted molar refractivity (Wildman–Crippen MR) is 61.9 cm³/mol. The van der Waals surface area contributed by atoms with Crippen molar-refractivity contribution < 1.29 is 4.74 Å². The Morgan fingerprint density at radius 3 is 2.79 bits per heavy atom. The van der Waals surface area contributed by atoms with Crippen LogP contribution in [0.5, 0.6) is 5.75 Å². The van der Waals surface area contributed by atoms with E-state index in [1.165, 1.54) is 11.1 Å². The van der Waals surface area contributed by atoms with E-state index in [1.54, 1.807) is 7.11 Å². The number of rotatable bonds is 2. The van der Waals surface area contributed by atoms with Crippen LogP contribution in [0.2, 0.25) is 0 Å². The normalized spacial score (nSPS) is 10.8. The molecule has 1 heterocycles. The second-order valence-corrected chi connectivity index (χ2v) is 4.08. The van der Waals surface area contributed by atoms with Crippen LogP contribution in [-0.2, 0) is 6.42 Å². The van der Waals surface area contributed by atoms with Crippen LogP contribution in [0.25, 0.3) is 10.9 Å². The molecule has 1 N–H and O–H groups in total. The van der Waals surface area contributed by atoms with Crippen LogP contribution in [0.4, 0.5) is 0 Å². The van der Waals surface area contributed by atoms with Crippen molar-refractivity contribution in [3.05, 3.63) is 28.4 Å². The third-order valence-corrected chi connectivity index (χ3v) is 2.95. The van der Waals surface area contributed by atoms with Crippen LogP contribution in [0, 0.1) is 0 Å². The molecule has 0 aliphatic carbocycles. The summed E-state index contributed by atoms with van der Waals surface area (Å²) >= 11 is 3.52. The molecule has 0 aliphatic heterocycles. The van der Waals surface area contributed by atoms with E-state index in [2.05, 4.69) is 33.9 Å². The van der Waals surface area contributed by atoms with Crippen LogP contribution in [0.15, 0.2) is 22.7 Å². The molecule has 0 aliphatic rings. The molecule has 74 valence electrons. The van der Waals surface area contributed by atoms with E-state index in [0.717, 1.165) is 22.2 Å². The molecular weight excluding hydrogens is 242 g/mol. The Bertz CT molecular complexity index is 462. The van der Waals surface area contributed by atoms with E-state index >= 15 is 0 Å². The van der Waals surface area contributed by atoms with Gasteiger partial charge in [-0.2, -0.15) is 0 Å². The maximum absolute atomic E-state index is 5.20. The van der Waals surface area contributed by atoms with E-state index in [-0.39, 0.29) is 0 Å². The topological polar surface area (TPSA) is 25.0 Å². The molecule has 0 atom stereocenters. The summed E-state index contributed by atoms with van der Waals surface area (Å²) in [4.78, 5) is 3.36. The lowest BCUT2D eigenvalue weighted by atomic mass is 10.2. The lowest BCUT2D eigenvalue weighted by Crippen LogP contribution is -1.82. The van der Waals surface area contributed by atoms with E-state index in [0.29, 0.717) is 0 Å². The van der Waals surface area contributed by atoms with Gasteiger partial charge in [-0.05, 0) is 40.5 Å². The lowest BCUT2D eigenvalue weighted by molar-refractivity contribution is 0.415. The van der Waals surface area contributed by atoms with Gasteiger partial charge in [0.05, 0.1) is 12.6 Å². The zero-order chi connectivity index (χ0) is 10.1. The summed E-state index contributed by atoms with van der Waals surface area (Å²) in [7, 11) is 1.68. The highest BCUT2D eigenvalue weighted by Crippen LogP contribution is 2.29. The first kappa shape index (κ1) is 9.59. The number of aryl methyl sites for hydroxylation is 1. The Kier molecular flexibility index (Phi) is 2.50. The number of halogens is 1. The molecule has 0 radical (unpaired) electrons. The van der Waals surface area contributed by atoms with Crippen LogP contribution < -0.4 is 4.74 Å². The lowest BCUT2D eigenvalue weighted by Gasteiger charge is -2.00. The first-order valence-electron chi connectivity index (χ1n) is 4.59. The summed E-state index contributed by atoms with van der Waals surface area (Å²) in [6.45, 7) is 2.13. The van der Waals surface area contributed by atoms with Crippen LogP contribution >= 0.6 is 15.9 Å². The maximum Gasteiger partial charge on any atom is 0.120 e. The monoisotopic (exact) mass is 253 g/mol. The van der Waals surface area contributed by atoms with Crippen LogP contribution in [0.3, 0.4) is 0 Å². The average Bonchev–Trinajstić information content (AvgIpc) is 2.61. The number of ether oxygens (including phenoxy) is 1. The van der Waals surface area contributed by atoms with Gasteiger partial charge >= 0.3 is 0 Å². The van der Waals surface area contributed by atoms with Crippen molar-refractivity contribution in [1.29, 1.82) is 0 Å². The summed E-state index contributed by atoms with van der Waals surface area (Å²) in [6, 6.07) is 6.16.